The van der Waals surface area contributed by atoms with E-state index in [1.165, 1.54) is 86.9 Å². The van der Waals surface area contributed by atoms with Crippen molar-refractivity contribution < 1.29 is 88.5 Å². The number of sulfonamides is 2. The Balaban J connectivity index is 0. The number of aliphatic carboxylic acids is 4. The number of carboxylic acid groups (broad SMARTS) is 4. The molecular formula is C47H62CaF2N6O16S2. The Labute approximate surface area is 459 Å². The Morgan fingerprint density at radius 1 is 0.568 bits per heavy atom. The summed E-state index contributed by atoms with van der Waals surface area (Å²) in [5, 5.41) is 73.0. The van der Waals surface area contributed by atoms with E-state index in [-0.39, 0.29) is 77.2 Å². The number of carboxylic acids is 4. The molecular weight excluding hydrogens is 1050 g/mol. The third-order valence-corrected chi connectivity index (χ3v) is 12.3. The fourth-order valence-corrected chi connectivity index (χ4v) is 6.98. The quantitative estimate of drug-likeness (QED) is 0.0404. The van der Waals surface area contributed by atoms with Crippen molar-refractivity contribution in [1.29, 1.82) is 0 Å². The Bertz CT molecular complexity index is 2660. The number of aliphatic hydroxyl groups is 4. The maximum atomic E-state index is 13.5. The van der Waals surface area contributed by atoms with Crippen molar-refractivity contribution in [2.75, 3.05) is 35.2 Å². The predicted octanol–water partition coefficient (Wildman–Crippen LogP) is 4.19. The fourth-order valence-electron chi connectivity index (χ4n) is 6.22. The molecule has 4 rings (SSSR count). The number of benzene rings is 2. The van der Waals surface area contributed by atoms with E-state index in [4.69, 9.17) is 20.4 Å². The Hall–Kier alpha value is -5.58. The molecule has 404 valence electrons. The van der Waals surface area contributed by atoms with Crippen LogP contribution in [-0.2, 0) is 39.2 Å². The summed E-state index contributed by atoms with van der Waals surface area (Å²) in [4.78, 5) is 58.0. The number of halogens is 2. The van der Waals surface area contributed by atoms with Crippen LogP contribution in [-0.4, -0.2) is 190 Å². The second-order valence-corrected chi connectivity index (χ2v) is 20.9. The van der Waals surface area contributed by atoms with Crippen LogP contribution < -0.4 is 8.61 Å². The molecule has 0 aliphatic heterocycles. The number of aromatic nitrogens is 4. The summed E-state index contributed by atoms with van der Waals surface area (Å²) >= 11 is 0. The number of hydrogen-bond donors (Lipinski definition) is 8. The number of hydrogen-bond acceptors (Lipinski definition) is 16. The first-order chi connectivity index (χ1) is 33.7. The summed E-state index contributed by atoms with van der Waals surface area (Å²) < 4.78 is 77.2. The third kappa shape index (κ3) is 22.5. The van der Waals surface area contributed by atoms with Gasteiger partial charge in [0.2, 0.25) is 31.9 Å². The van der Waals surface area contributed by atoms with E-state index in [2.05, 4.69) is 19.9 Å². The molecule has 74 heavy (non-hydrogen) atoms. The largest absolute Gasteiger partial charge is 2.00 e. The van der Waals surface area contributed by atoms with E-state index in [0.29, 0.717) is 45.0 Å². The van der Waals surface area contributed by atoms with Crippen LogP contribution >= 0.6 is 0 Å². The minimum Gasteiger partial charge on any atom is -1.00 e. The van der Waals surface area contributed by atoms with Crippen LogP contribution in [0.1, 0.15) is 97.0 Å². The molecule has 2 aromatic carbocycles. The van der Waals surface area contributed by atoms with E-state index in [9.17, 15) is 65.2 Å². The zero-order valence-electron chi connectivity index (χ0n) is 43.7. The van der Waals surface area contributed by atoms with Gasteiger partial charge in [0.25, 0.3) is 0 Å². The number of rotatable bonds is 22. The van der Waals surface area contributed by atoms with E-state index in [1.54, 1.807) is 0 Å². The normalized spacial score (nSPS) is 13.2. The van der Waals surface area contributed by atoms with Crippen LogP contribution in [0.15, 0.2) is 60.7 Å². The molecule has 0 unspecified atom stereocenters. The Morgan fingerprint density at radius 2 is 0.865 bits per heavy atom. The summed E-state index contributed by atoms with van der Waals surface area (Å²) in [5.41, 5.74) is 3.60. The van der Waals surface area contributed by atoms with Crippen molar-refractivity contribution in [1.82, 2.24) is 19.9 Å². The number of carbonyl (C=O) groups is 4. The predicted molar refractivity (Wildman–Crippen MR) is 273 cm³/mol. The van der Waals surface area contributed by atoms with Crippen LogP contribution in [0, 0.1) is 11.6 Å². The monoisotopic (exact) mass is 1110 g/mol. The van der Waals surface area contributed by atoms with Gasteiger partial charge in [-0.1, -0.05) is 52.0 Å². The van der Waals surface area contributed by atoms with Gasteiger partial charge in [0.15, 0.2) is 0 Å². The summed E-state index contributed by atoms with van der Waals surface area (Å²) in [6, 6.07) is 11.0. The van der Waals surface area contributed by atoms with Crippen molar-refractivity contribution in [3.05, 3.63) is 94.8 Å². The summed E-state index contributed by atoms with van der Waals surface area (Å²) in [6.07, 6.45) is 0.914. The average molecular weight is 1110 g/mol. The van der Waals surface area contributed by atoms with Crippen LogP contribution in [0.4, 0.5) is 20.7 Å². The van der Waals surface area contributed by atoms with E-state index >= 15 is 0 Å². The van der Waals surface area contributed by atoms with Crippen molar-refractivity contribution in [2.24, 2.45) is 0 Å². The second-order valence-electron chi connectivity index (χ2n) is 16.9. The molecule has 2 heterocycles. The average Bonchev–Trinajstić information content (AvgIpc) is 3.25. The maximum Gasteiger partial charge on any atom is 2.00 e. The second kappa shape index (κ2) is 30.1. The number of anilines is 2. The first kappa shape index (κ1) is 66.4. The van der Waals surface area contributed by atoms with Crippen LogP contribution in [0.25, 0.3) is 34.7 Å². The van der Waals surface area contributed by atoms with Gasteiger partial charge in [-0.2, -0.15) is 0 Å². The van der Waals surface area contributed by atoms with Crippen molar-refractivity contribution >= 4 is 106 Å². The minimum atomic E-state index is -3.65. The van der Waals surface area contributed by atoms with Crippen molar-refractivity contribution in [3.8, 4) is 22.5 Å². The van der Waals surface area contributed by atoms with Crippen molar-refractivity contribution in [2.45, 2.75) is 96.1 Å². The van der Waals surface area contributed by atoms with Crippen LogP contribution in [0.3, 0.4) is 0 Å². The maximum absolute atomic E-state index is 13.5. The smallest absolute Gasteiger partial charge is 1.00 e. The van der Waals surface area contributed by atoms with Crippen LogP contribution in [0.5, 0.6) is 0 Å². The molecule has 0 aliphatic rings. The molecule has 2 aromatic heterocycles. The summed E-state index contributed by atoms with van der Waals surface area (Å²) in [7, 11) is -4.65. The number of aliphatic hydroxyl groups excluding tert-OH is 4. The standard InChI is InChI=1S/2C22H28FN3O6S.C3H4O4.Ca.2H/c2*1-13(2)20-18(10-9-16(27)11-17(28)12-19(29)30)21(14-5-7-15(23)8-6-14)25-22(24-20)26(3)33(4,31)32;4-2(5)1-3(6)7;;;/h2*5-10,13,16-17,27-28H,11-12H2,1-4H3,(H,29,30);1H2,(H,4,5)(H,6,7);;;/q;;;+2;2*-1/t2*16-,17-;;;;/m11..../s1. The Kier molecular flexibility index (Phi) is 27.0. The SMILES string of the molecule is CC(C)c1nc(N(C)S(C)(=O)=O)nc(-c2ccc(F)cc2)c1C=C[C@@H](O)C[C@@H](O)CC(=O)O.CC(C)c1nc(N(C)S(C)(=O)=O)nc(-c2ccc(F)cc2)c1C=C[C@@H](O)C[C@@H](O)CC(=O)O.O=C(O)CC(=O)O.[Ca+2].[H-].[H-]. The molecule has 0 saturated heterocycles. The van der Waals surface area contributed by atoms with Gasteiger partial charge in [0.05, 0.1) is 72.5 Å². The van der Waals surface area contributed by atoms with Gasteiger partial charge in [-0.25, -0.2) is 54.2 Å². The molecule has 27 heteroatoms. The van der Waals surface area contributed by atoms with Crippen LogP contribution in [0.2, 0.25) is 0 Å². The first-order valence-electron chi connectivity index (χ1n) is 21.9. The van der Waals surface area contributed by atoms with Gasteiger partial charge in [0, 0.05) is 49.2 Å². The zero-order valence-corrected chi connectivity index (χ0v) is 45.6. The van der Waals surface area contributed by atoms with Gasteiger partial charge in [0.1, 0.15) is 18.1 Å². The molecule has 0 aliphatic carbocycles. The molecule has 0 bridgehead atoms. The van der Waals surface area contributed by atoms with Crippen molar-refractivity contribution in [3.63, 3.8) is 0 Å². The molecule has 22 nitrogen and oxygen atoms in total. The Morgan fingerprint density at radius 3 is 1.09 bits per heavy atom. The summed E-state index contributed by atoms with van der Waals surface area (Å²) in [6.45, 7) is 7.41. The molecule has 0 saturated carbocycles. The van der Waals surface area contributed by atoms with Gasteiger partial charge in [-0.15, -0.1) is 0 Å². The van der Waals surface area contributed by atoms with Gasteiger partial charge >= 0.3 is 61.6 Å². The van der Waals surface area contributed by atoms with E-state index < -0.39 is 99.2 Å². The molecule has 0 amide bonds. The topological polar surface area (TPSA) is 356 Å². The third-order valence-electron chi connectivity index (χ3n) is 9.93. The zero-order chi connectivity index (χ0) is 55.7. The molecule has 8 N–H and O–H groups in total. The van der Waals surface area contributed by atoms with Gasteiger partial charge < -0.3 is 43.7 Å². The van der Waals surface area contributed by atoms with Gasteiger partial charge in [-0.05, 0) is 60.4 Å². The molecule has 0 spiro atoms. The molecule has 4 atom stereocenters. The molecule has 0 radical (unpaired) electrons. The fraction of sp³-hybridized carbons (Fsp3) is 0.404. The van der Waals surface area contributed by atoms with Gasteiger partial charge in [-0.3, -0.25) is 19.2 Å². The molecule has 0 fully saturated rings. The molecule has 4 aromatic rings. The van der Waals surface area contributed by atoms with E-state index in [0.717, 1.165) is 21.1 Å². The summed E-state index contributed by atoms with van der Waals surface area (Å²) in [5.74, 6) is -6.36. The first-order valence-corrected chi connectivity index (χ1v) is 25.6. The van der Waals surface area contributed by atoms with E-state index in [1.807, 2.05) is 27.7 Å². The number of nitrogens with zero attached hydrogens (tertiary/aromatic N) is 6. The minimum absolute atomic E-state index is 0.